The van der Waals surface area contributed by atoms with E-state index in [1.54, 1.807) is 10.9 Å². The van der Waals surface area contributed by atoms with Gasteiger partial charge in [-0.1, -0.05) is 32.0 Å². The first kappa shape index (κ1) is 21.8. The maximum absolute atomic E-state index is 10.2. The maximum Gasteiger partial charge on any atom is 0.223 e. The number of para-hydroxylation sites is 1. The molecule has 2 aromatic heterocycles. The average Bonchev–Trinajstić information content (AvgIpc) is 3.20. The number of aryl methyl sites for hydroxylation is 1. The van der Waals surface area contributed by atoms with Crippen LogP contribution in [0.15, 0.2) is 30.5 Å². The van der Waals surface area contributed by atoms with E-state index in [0.717, 1.165) is 36.2 Å². The zero-order valence-electron chi connectivity index (χ0n) is 18.7. The number of benzene rings is 1. The lowest BCUT2D eigenvalue weighted by Gasteiger charge is -2.39. The number of aliphatic hydroxyl groups excluding tert-OH is 1. The lowest BCUT2D eigenvalue weighted by molar-refractivity contribution is -0.00748. The van der Waals surface area contributed by atoms with Crippen molar-refractivity contribution in [2.75, 3.05) is 5.32 Å². The van der Waals surface area contributed by atoms with E-state index < -0.39 is 0 Å². The normalized spacial score (nSPS) is 20.0. The molecule has 1 fully saturated rings. The molecule has 0 spiro atoms. The first-order valence-corrected chi connectivity index (χ1v) is 10.9. The zero-order valence-corrected chi connectivity index (χ0v) is 18.7. The molecule has 0 bridgehead atoms. The third-order valence-corrected chi connectivity index (χ3v) is 6.32. The van der Waals surface area contributed by atoms with E-state index in [0.29, 0.717) is 36.2 Å². The first-order valence-electron chi connectivity index (χ1n) is 10.9. The Morgan fingerprint density at radius 3 is 2.81 bits per heavy atom. The summed E-state index contributed by atoms with van der Waals surface area (Å²) in [7, 11) is 0. The number of nitriles is 1. The van der Waals surface area contributed by atoms with Crippen molar-refractivity contribution < 1.29 is 5.11 Å². The topological polar surface area (TPSA) is 125 Å². The molecule has 9 nitrogen and oxygen atoms in total. The van der Waals surface area contributed by atoms with Crippen molar-refractivity contribution in [3.63, 3.8) is 0 Å². The summed E-state index contributed by atoms with van der Waals surface area (Å²) in [6.45, 7) is 6.55. The molecular weight excluding hydrogens is 404 g/mol. The van der Waals surface area contributed by atoms with Crippen LogP contribution in [0.25, 0.3) is 5.69 Å². The molecule has 166 valence electrons. The Kier molecular flexibility index (Phi) is 6.15. The van der Waals surface area contributed by atoms with Crippen molar-refractivity contribution in [2.24, 2.45) is 11.3 Å². The Bertz CT molecular complexity index is 1130. The van der Waals surface area contributed by atoms with Crippen molar-refractivity contribution in [1.82, 2.24) is 30.2 Å². The quantitative estimate of drug-likeness (QED) is 0.609. The summed E-state index contributed by atoms with van der Waals surface area (Å²) in [5.41, 5.74) is 3.03. The van der Waals surface area contributed by atoms with Crippen LogP contribution >= 0.6 is 0 Å². The Balaban J connectivity index is 1.51. The highest BCUT2D eigenvalue weighted by atomic mass is 16.3. The molecule has 1 aliphatic carbocycles. The van der Waals surface area contributed by atoms with Crippen LogP contribution in [0.5, 0.6) is 0 Å². The summed E-state index contributed by atoms with van der Waals surface area (Å²) in [4.78, 5) is 9.01. The van der Waals surface area contributed by atoms with Gasteiger partial charge >= 0.3 is 0 Å². The molecule has 0 radical (unpaired) electrons. The van der Waals surface area contributed by atoms with Gasteiger partial charge in [0.05, 0.1) is 29.2 Å². The fourth-order valence-corrected chi connectivity index (χ4v) is 4.46. The van der Waals surface area contributed by atoms with E-state index in [4.69, 9.17) is 0 Å². The van der Waals surface area contributed by atoms with E-state index in [-0.39, 0.29) is 11.5 Å². The fourth-order valence-electron chi connectivity index (χ4n) is 4.46. The minimum absolute atomic E-state index is 0.123. The van der Waals surface area contributed by atoms with Crippen LogP contribution in [0, 0.1) is 29.6 Å². The van der Waals surface area contributed by atoms with Crippen LogP contribution < -0.4 is 5.32 Å². The van der Waals surface area contributed by atoms with Crippen LogP contribution in [0.1, 0.15) is 55.8 Å². The number of nitrogens with zero attached hydrogens (tertiary/aromatic N) is 7. The third kappa shape index (κ3) is 4.60. The lowest BCUT2D eigenvalue weighted by Crippen LogP contribution is -2.37. The number of aromatic nitrogens is 6. The van der Waals surface area contributed by atoms with E-state index in [9.17, 15) is 10.4 Å². The lowest BCUT2D eigenvalue weighted by atomic mass is 9.69. The zero-order chi connectivity index (χ0) is 22.7. The van der Waals surface area contributed by atoms with Gasteiger partial charge in [-0.3, -0.25) is 0 Å². The Morgan fingerprint density at radius 2 is 2.09 bits per heavy atom. The molecule has 3 aromatic rings. The molecule has 1 unspecified atom stereocenters. The van der Waals surface area contributed by atoms with E-state index in [1.165, 1.54) is 0 Å². The molecule has 9 heteroatoms. The van der Waals surface area contributed by atoms with Gasteiger partial charge in [-0.25, -0.2) is 9.97 Å². The van der Waals surface area contributed by atoms with Crippen molar-refractivity contribution in [1.29, 1.82) is 5.26 Å². The van der Waals surface area contributed by atoms with Crippen LogP contribution in [0.4, 0.5) is 5.95 Å². The predicted molar refractivity (Wildman–Crippen MR) is 119 cm³/mol. The second kappa shape index (κ2) is 9.01. The summed E-state index contributed by atoms with van der Waals surface area (Å²) in [5.74, 6) is 1.57. The number of hydrogen-bond donors (Lipinski definition) is 2. The van der Waals surface area contributed by atoms with E-state index in [1.807, 2.05) is 31.2 Å². The summed E-state index contributed by atoms with van der Waals surface area (Å²) in [6.07, 6.45) is 4.64. The van der Waals surface area contributed by atoms with Crippen LogP contribution in [-0.4, -0.2) is 41.4 Å². The largest absolute Gasteiger partial charge is 0.393 e. The van der Waals surface area contributed by atoms with Gasteiger partial charge in [-0.15, -0.1) is 5.10 Å². The van der Waals surface area contributed by atoms with Crippen molar-refractivity contribution in [3.05, 3.63) is 53.1 Å². The smallest absolute Gasteiger partial charge is 0.223 e. The van der Waals surface area contributed by atoms with Crippen LogP contribution in [0.2, 0.25) is 0 Å². The molecule has 2 heterocycles. The molecule has 2 N–H and O–H groups in total. The average molecular weight is 433 g/mol. The van der Waals surface area contributed by atoms with Crippen molar-refractivity contribution in [2.45, 2.75) is 59.1 Å². The highest BCUT2D eigenvalue weighted by molar-refractivity contribution is 5.43. The fraction of sp³-hybridized carbons (Fsp3) is 0.478. The van der Waals surface area contributed by atoms with Gasteiger partial charge in [-0.2, -0.15) is 9.94 Å². The molecule has 0 saturated heterocycles. The van der Waals surface area contributed by atoms with Crippen molar-refractivity contribution >= 4 is 5.95 Å². The second-order valence-corrected chi connectivity index (χ2v) is 9.14. The Hall–Kier alpha value is -3.38. The monoisotopic (exact) mass is 432 g/mol. The third-order valence-electron chi connectivity index (χ3n) is 6.32. The Labute approximate surface area is 187 Å². The highest BCUT2D eigenvalue weighted by Crippen LogP contribution is 2.40. The summed E-state index contributed by atoms with van der Waals surface area (Å²) < 4.78 is 1.70. The molecule has 1 aromatic carbocycles. The SMILES string of the molecule is Cc1nnnn1-c1ccccc1CNc1ncc(C#N)c(C[C@@H]2CCC(O)C(C)(C)C2)n1. The molecule has 1 aliphatic rings. The van der Waals surface area contributed by atoms with Gasteiger partial charge in [0.2, 0.25) is 5.95 Å². The molecule has 32 heavy (non-hydrogen) atoms. The van der Waals surface area contributed by atoms with E-state index >= 15 is 0 Å². The summed E-state index contributed by atoms with van der Waals surface area (Å²) in [6, 6.07) is 10.1. The molecule has 0 amide bonds. The number of aliphatic hydroxyl groups is 1. The van der Waals surface area contributed by atoms with Gasteiger partial charge in [0.25, 0.3) is 0 Å². The second-order valence-electron chi connectivity index (χ2n) is 9.14. The van der Waals surface area contributed by atoms with Crippen LogP contribution in [0.3, 0.4) is 0 Å². The van der Waals surface area contributed by atoms with Gasteiger partial charge in [0.15, 0.2) is 5.82 Å². The minimum atomic E-state index is -0.277. The molecule has 4 rings (SSSR count). The number of nitrogens with one attached hydrogen (secondary N) is 1. The summed E-state index contributed by atoms with van der Waals surface area (Å²) >= 11 is 0. The predicted octanol–water partition coefficient (Wildman–Crippen LogP) is 2.97. The number of rotatable bonds is 6. The standard InChI is InChI=1S/C23H28N8O/c1-15-28-29-30-31(15)20-7-5-4-6-17(20)13-25-22-26-14-18(12-24)19(27-22)10-16-8-9-21(32)23(2,3)11-16/h4-7,14,16,21,32H,8-11,13H2,1-3H3,(H,25,26,27)/t16-,21?/m0/s1. The van der Waals surface area contributed by atoms with Crippen LogP contribution in [-0.2, 0) is 13.0 Å². The van der Waals surface area contributed by atoms with E-state index in [2.05, 4.69) is 50.7 Å². The van der Waals surface area contributed by atoms with Gasteiger partial charge < -0.3 is 10.4 Å². The number of hydrogen-bond acceptors (Lipinski definition) is 8. The maximum atomic E-state index is 10.2. The molecular formula is C23H28N8O. The molecule has 0 aliphatic heterocycles. The van der Waals surface area contributed by atoms with Crippen molar-refractivity contribution in [3.8, 4) is 11.8 Å². The number of anilines is 1. The Morgan fingerprint density at radius 1 is 1.28 bits per heavy atom. The molecule has 1 saturated carbocycles. The first-order chi connectivity index (χ1) is 15.4. The van der Waals surface area contributed by atoms with Gasteiger partial charge in [0.1, 0.15) is 6.07 Å². The van der Waals surface area contributed by atoms with Gasteiger partial charge in [0, 0.05) is 6.54 Å². The molecule has 2 atom stereocenters. The minimum Gasteiger partial charge on any atom is -0.393 e. The number of tetrazole rings is 1. The van der Waals surface area contributed by atoms with Gasteiger partial charge in [-0.05, 0) is 66.0 Å². The highest BCUT2D eigenvalue weighted by Gasteiger charge is 2.35. The summed E-state index contributed by atoms with van der Waals surface area (Å²) in [5, 5.41) is 34.8.